The third-order valence-corrected chi connectivity index (χ3v) is 12.7. The van der Waals surface area contributed by atoms with Gasteiger partial charge >= 0.3 is 0 Å². The van der Waals surface area contributed by atoms with Crippen molar-refractivity contribution < 1.29 is 17.8 Å². The van der Waals surface area contributed by atoms with Crippen LogP contribution in [-0.2, 0) is 45.1 Å². The molecule has 2 atom stereocenters. The van der Waals surface area contributed by atoms with Gasteiger partial charge in [0.2, 0.25) is 0 Å². The monoisotopic (exact) mass is 620 g/mol. The number of carbonyl (C=O) groups excluding carboxylic acids is 1. The molecule has 6 heteroatoms. The summed E-state index contributed by atoms with van der Waals surface area (Å²) in [5.41, 5.74) is 3.09. The van der Waals surface area contributed by atoms with Crippen LogP contribution in [0.5, 0.6) is 0 Å². The third-order valence-electron chi connectivity index (χ3n) is 9.66. The molecule has 0 amide bonds. The van der Waals surface area contributed by atoms with Gasteiger partial charge in [0, 0.05) is 11.8 Å². The number of fused-ring (bicyclic) bond motifs is 2. The van der Waals surface area contributed by atoms with E-state index in [1.807, 2.05) is 13.8 Å². The molecule has 5 rings (SSSR count). The molecule has 0 aliphatic heterocycles. The van der Waals surface area contributed by atoms with Crippen LogP contribution < -0.4 is 0 Å². The summed E-state index contributed by atoms with van der Waals surface area (Å²) in [5.74, 6) is -0.280. The molecule has 232 valence electrons. The SMILES string of the molecule is CC1(C)C2CCC1(CS(=O)(=O)[O-])C(=O)C2.CCCc1ccc([S+](c2ccc(CCC)cc2)c2ccc(CCC)cc2)cc1. The fourth-order valence-electron chi connectivity index (χ4n) is 7.06. The molecule has 0 saturated heterocycles. The Morgan fingerprint density at radius 1 is 0.721 bits per heavy atom. The number of ketones is 1. The number of rotatable bonds is 11. The highest BCUT2D eigenvalue weighted by Crippen LogP contribution is 2.64. The second kappa shape index (κ2) is 14.1. The molecule has 2 unspecified atom stereocenters. The van der Waals surface area contributed by atoms with Crippen LogP contribution in [0.25, 0.3) is 0 Å². The molecule has 2 aliphatic carbocycles. The largest absolute Gasteiger partial charge is 0.748 e. The maximum Gasteiger partial charge on any atom is 0.166 e. The number of hydrogen-bond donors (Lipinski definition) is 0. The molecule has 0 N–H and O–H groups in total. The molecule has 3 aromatic carbocycles. The van der Waals surface area contributed by atoms with Gasteiger partial charge in [0.05, 0.1) is 26.8 Å². The van der Waals surface area contributed by atoms with Crippen molar-refractivity contribution in [2.24, 2.45) is 16.7 Å². The van der Waals surface area contributed by atoms with Crippen LogP contribution in [0.15, 0.2) is 87.5 Å². The molecule has 0 aromatic heterocycles. The quantitative estimate of drug-likeness (QED) is 0.159. The Hall–Kier alpha value is -2.41. The predicted octanol–water partition coefficient (Wildman–Crippen LogP) is 8.57. The first-order valence-corrected chi connectivity index (χ1v) is 18.7. The van der Waals surface area contributed by atoms with Crippen molar-refractivity contribution in [1.82, 2.24) is 0 Å². The minimum absolute atomic E-state index is 0.0248. The lowest BCUT2D eigenvalue weighted by molar-refractivity contribution is -0.128. The van der Waals surface area contributed by atoms with Gasteiger partial charge < -0.3 is 4.55 Å². The first kappa shape index (κ1) is 33.5. The van der Waals surface area contributed by atoms with Crippen molar-refractivity contribution in [2.75, 3.05) is 5.75 Å². The Bertz CT molecular complexity index is 1340. The summed E-state index contributed by atoms with van der Waals surface area (Å²) in [4.78, 5) is 16.1. The Morgan fingerprint density at radius 3 is 1.35 bits per heavy atom. The highest BCUT2D eigenvalue weighted by Gasteiger charge is 2.64. The maximum atomic E-state index is 11.8. The molecule has 2 aliphatic rings. The van der Waals surface area contributed by atoms with E-state index in [9.17, 15) is 17.8 Å². The lowest BCUT2D eigenvalue weighted by Gasteiger charge is -2.37. The van der Waals surface area contributed by atoms with Crippen molar-refractivity contribution in [3.8, 4) is 0 Å². The fourth-order valence-corrected chi connectivity index (χ4v) is 10.4. The number of hydrogen-bond acceptors (Lipinski definition) is 4. The van der Waals surface area contributed by atoms with E-state index >= 15 is 0 Å². The molecule has 2 fully saturated rings. The van der Waals surface area contributed by atoms with Gasteiger partial charge in [-0.1, -0.05) is 90.3 Å². The highest BCUT2D eigenvalue weighted by molar-refractivity contribution is 7.97. The van der Waals surface area contributed by atoms with Crippen LogP contribution in [0.1, 0.15) is 89.8 Å². The normalized spacial score (nSPS) is 20.7. The summed E-state index contributed by atoms with van der Waals surface area (Å²) in [7, 11) is -4.38. The van der Waals surface area contributed by atoms with Gasteiger partial charge in [-0.3, -0.25) is 4.79 Å². The number of benzene rings is 3. The van der Waals surface area contributed by atoms with Gasteiger partial charge in [0.1, 0.15) is 5.78 Å². The van der Waals surface area contributed by atoms with E-state index < -0.39 is 21.3 Å². The van der Waals surface area contributed by atoms with Gasteiger partial charge in [-0.25, -0.2) is 8.42 Å². The number of aryl methyl sites for hydroxylation is 3. The minimum Gasteiger partial charge on any atom is -0.748 e. The van der Waals surface area contributed by atoms with Crippen LogP contribution in [0.2, 0.25) is 0 Å². The lowest BCUT2D eigenvalue weighted by Crippen LogP contribution is -2.42. The summed E-state index contributed by atoms with van der Waals surface area (Å²) < 4.78 is 32.7. The van der Waals surface area contributed by atoms with Crippen molar-refractivity contribution in [2.45, 2.75) is 107 Å². The van der Waals surface area contributed by atoms with E-state index in [-0.39, 0.29) is 28.0 Å². The zero-order valence-electron chi connectivity index (χ0n) is 26.5. The fraction of sp³-hybridized carbons (Fsp3) is 0.486. The smallest absolute Gasteiger partial charge is 0.166 e. The van der Waals surface area contributed by atoms with Gasteiger partial charge in [0.25, 0.3) is 0 Å². The lowest BCUT2D eigenvalue weighted by atomic mass is 9.70. The Morgan fingerprint density at radius 2 is 1.09 bits per heavy atom. The van der Waals surface area contributed by atoms with Gasteiger partial charge in [-0.2, -0.15) is 0 Å². The topological polar surface area (TPSA) is 74.3 Å². The van der Waals surface area contributed by atoms with E-state index in [0.717, 1.165) is 25.7 Å². The molecule has 43 heavy (non-hydrogen) atoms. The van der Waals surface area contributed by atoms with Crippen LogP contribution in [-0.4, -0.2) is 24.5 Å². The average Bonchev–Trinajstić information content (AvgIpc) is 3.30. The Balaban J connectivity index is 0.000000237. The molecule has 0 heterocycles. The second-order valence-electron chi connectivity index (χ2n) is 12.9. The molecule has 0 radical (unpaired) electrons. The van der Waals surface area contributed by atoms with Crippen molar-refractivity contribution in [3.05, 3.63) is 89.5 Å². The van der Waals surface area contributed by atoms with E-state index in [1.54, 1.807) is 0 Å². The third kappa shape index (κ3) is 7.64. The summed E-state index contributed by atoms with van der Waals surface area (Å²) in [6.45, 7) is 10.6. The van der Waals surface area contributed by atoms with Crippen LogP contribution in [0, 0.1) is 16.7 Å². The molecular weight excluding hydrogens is 573 g/mol. The van der Waals surface area contributed by atoms with E-state index in [0.29, 0.717) is 12.8 Å². The first-order valence-electron chi connectivity index (χ1n) is 15.9. The molecule has 4 nitrogen and oxygen atoms in total. The number of carbonyl (C=O) groups is 1. The second-order valence-corrected chi connectivity index (χ2v) is 16.3. The summed E-state index contributed by atoms with van der Waals surface area (Å²) in [6.07, 6.45) is 8.94. The van der Waals surface area contributed by atoms with Crippen molar-refractivity contribution in [3.63, 3.8) is 0 Å². The first-order chi connectivity index (χ1) is 20.4. The summed E-state index contributed by atoms with van der Waals surface area (Å²) in [6, 6.07) is 27.9. The molecule has 0 spiro atoms. The summed E-state index contributed by atoms with van der Waals surface area (Å²) >= 11 is 0. The average molecular weight is 621 g/mol. The van der Waals surface area contributed by atoms with Gasteiger partial charge in [-0.05, 0) is 96.5 Å². The van der Waals surface area contributed by atoms with Gasteiger partial charge in [0.15, 0.2) is 14.7 Å². The van der Waals surface area contributed by atoms with Crippen molar-refractivity contribution >= 4 is 26.8 Å². The number of Topliss-reactive ketones (excluding diaryl/α,β-unsaturated/α-hetero) is 1. The van der Waals surface area contributed by atoms with Gasteiger partial charge in [-0.15, -0.1) is 0 Å². The zero-order valence-corrected chi connectivity index (χ0v) is 28.2. The molecule has 3 aromatic rings. The van der Waals surface area contributed by atoms with E-state index in [2.05, 4.69) is 93.6 Å². The summed E-state index contributed by atoms with van der Waals surface area (Å²) in [5, 5.41) is 0. The highest BCUT2D eigenvalue weighted by atomic mass is 32.2. The van der Waals surface area contributed by atoms with E-state index in [1.165, 1.54) is 50.6 Å². The van der Waals surface area contributed by atoms with Crippen LogP contribution >= 0.6 is 0 Å². The predicted molar refractivity (Wildman–Crippen MR) is 177 cm³/mol. The Labute approximate surface area is 262 Å². The standard InChI is InChI=1S/C27H33S.C10H16O4S/c1-4-7-22-10-16-25(17-11-22)28(26-18-12-23(8-5-2)13-19-26)27-20-14-24(9-6-3)15-21-27;1-9(2)7-3-4-10(9,8(11)5-7)6-15(12,13)14/h10-21H,4-9H2,1-3H3;7H,3-6H2,1-2H3,(H,12,13,14)/q+1;/p-1. The molecule has 2 bridgehead atoms. The molecule has 2 saturated carbocycles. The molecular formula is C37H48O4S2. The Kier molecular flexibility index (Phi) is 11.0. The van der Waals surface area contributed by atoms with E-state index in [4.69, 9.17) is 0 Å². The van der Waals surface area contributed by atoms with Crippen LogP contribution in [0.4, 0.5) is 0 Å². The zero-order chi connectivity index (χ0) is 31.3. The van der Waals surface area contributed by atoms with Crippen molar-refractivity contribution in [1.29, 1.82) is 0 Å². The minimum atomic E-state index is -4.33. The maximum absolute atomic E-state index is 11.8. The van der Waals surface area contributed by atoms with Crippen LogP contribution in [0.3, 0.4) is 0 Å².